The third-order valence-electron chi connectivity index (χ3n) is 2.52. The Labute approximate surface area is 118 Å². The van der Waals surface area contributed by atoms with Crippen LogP contribution in [0.1, 0.15) is 19.4 Å². The van der Waals surface area contributed by atoms with Gasteiger partial charge in [0.1, 0.15) is 4.21 Å². The minimum Gasteiger partial charge on any atom is -0.316 e. The summed E-state index contributed by atoms with van der Waals surface area (Å²) in [5, 5.41) is 4.87. The Bertz CT molecular complexity index is 480. The van der Waals surface area contributed by atoms with E-state index >= 15 is 0 Å². The van der Waals surface area contributed by atoms with E-state index in [9.17, 15) is 8.42 Å². The SMILES string of the molecule is CNCc1csc(S(=O)(=O)NCC(C)(C)SC)c1. The molecule has 1 aromatic heterocycles. The molecule has 1 heterocycles. The molecule has 0 aromatic carbocycles. The molecule has 7 heteroatoms. The Morgan fingerprint density at radius 3 is 2.67 bits per heavy atom. The lowest BCUT2D eigenvalue weighted by molar-refractivity contribution is 0.572. The van der Waals surface area contributed by atoms with Crippen LogP contribution in [0.3, 0.4) is 0 Å². The molecule has 0 spiro atoms. The highest BCUT2D eigenvalue weighted by molar-refractivity contribution is 8.00. The fourth-order valence-corrected chi connectivity index (χ4v) is 3.98. The molecule has 0 amide bonds. The minimum absolute atomic E-state index is 0.0991. The molecule has 4 nitrogen and oxygen atoms in total. The first-order chi connectivity index (χ1) is 8.30. The van der Waals surface area contributed by atoms with Crippen molar-refractivity contribution in [2.24, 2.45) is 0 Å². The van der Waals surface area contributed by atoms with Crippen LogP contribution in [0.15, 0.2) is 15.7 Å². The van der Waals surface area contributed by atoms with E-state index in [0.717, 1.165) is 5.56 Å². The Kier molecular flexibility index (Phi) is 5.67. The number of rotatable bonds is 7. The van der Waals surface area contributed by atoms with Crippen molar-refractivity contribution in [1.29, 1.82) is 0 Å². The van der Waals surface area contributed by atoms with Crippen molar-refractivity contribution in [3.05, 3.63) is 17.0 Å². The zero-order valence-corrected chi connectivity index (χ0v) is 13.6. The average Bonchev–Trinajstić information content (AvgIpc) is 2.77. The van der Waals surface area contributed by atoms with Crippen LogP contribution in [0, 0.1) is 0 Å². The summed E-state index contributed by atoms with van der Waals surface area (Å²) in [5.41, 5.74) is 0.993. The molecular formula is C11H20N2O2S3. The molecule has 0 saturated heterocycles. The summed E-state index contributed by atoms with van der Waals surface area (Å²) in [7, 11) is -1.54. The van der Waals surface area contributed by atoms with Gasteiger partial charge in [0.25, 0.3) is 0 Å². The standard InChI is InChI=1S/C11H20N2O2S3/c1-11(2,16-4)8-13-18(14,15)10-5-9(6-12-3)7-17-10/h5,7,12-13H,6,8H2,1-4H3. The predicted molar refractivity (Wildman–Crippen MR) is 79.9 cm³/mol. The highest BCUT2D eigenvalue weighted by Gasteiger charge is 2.22. The summed E-state index contributed by atoms with van der Waals surface area (Å²) < 4.78 is 27.1. The third-order valence-corrected chi connectivity index (χ3v) is 6.66. The molecule has 18 heavy (non-hydrogen) atoms. The fraction of sp³-hybridized carbons (Fsp3) is 0.636. The second-order valence-corrected chi connectivity index (χ2v) is 9.01. The van der Waals surface area contributed by atoms with Gasteiger partial charge in [0.15, 0.2) is 0 Å². The van der Waals surface area contributed by atoms with Gasteiger partial charge in [-0.25, -0.2) is 13.1 Å². The molecule has 0 fully saturated rings. The van der Waals surface area contributed by atoms with E-state index in [1.54, 1.807) is 17.8 Å². The van der Waals surface area contributed by atoms with Crippen molar-refractivity contribution < 1.29 is 8.42 Å². The molecule has 0 aliphatic carbocycles. The van der Waals surface area contributed by atoms with Crippen molar-refractivity contribution in [3.8, 4) is 0 Å². The summed E-state index contributed by atoms with van der Waals surface area (Å²) in [5.74, 6) is 0. The van der Waals surface area contributed by atoms with E-state index in [0.29, 0.717) is 17.3 Å². The predicted octanol–water partition coefficient (Wildman–Crippen LogP) is 1.89. The lowest BCUT2D eigenvalue weighted by Crippen LogP contribution is -2.35. The van der Waals surface area contributed by atoms with Crippen LogP contribution < -0.4 is 10.0 Å². The molecule has 0 bridgehead atoms. The number of nitrogens with one attached hydrogen (secondary N) is 2. The van der Waals surface area contributed by atoms with Crippen LogP contribution in [-0.2, 0) is 16.6 Å². The molecular weight excluding hydrogens is 288 g/mol. The molecule has 0 radical (unpaired) electrons. The van der Waals surface area contributed by atoms with Gasteiger partial charge in [-0.15, -0.1) is 11.3 Å². The van der Waals surface area contributed by atoms with Crippen molar-refractivity contribution in [1.82, 2.24) is 10.0 Å². The van der Waals surface area contributed by atoms with Gasteiger partial charge in [0, 0.05) is 17.8 Å². The minimum atomic E-state index is -3.37. The van der Waals surface area contributed by atoms with Crippen molar-refractivity contribution >= 4 is 33.1 Å². The van der Waals surface area contributed by atoms with E-state index in [1.807, 2.05) is 32.5 Å². The Hall–Kier alpha value is -0.0800. The normalized spacial score (nSPS) is 12.9. The quantitative estimate of drug-likeness (QED) is 0.807. The average molecular weight is 308 g/mol. The number of hydrogen-bond donors (Lipinski definition) is 2. The lowest BCUT2D eigenvalue weighted by Gasteiger charge is -2.21. The first-order valence-corrected chi connectivity index (χ1v) is 9.16. The molecule has 2 N–H and O–H groups in total. The number of thiophene rings is 1. The molecule has 1 rings (SSSR count). The number of thioether (sulfide) groups is 1. The summed E-state index contributed by atoms with van der Waals surface area (Å²) in [6.45, 7) is 5.14. The summed E-state index contributed by atoms with van der Waals surface area (Å²) in [6.07, 6.45) is 1.98. The Morgan fingerprint density at radius 1 is 1.44 bits per heavy atom. The first-order valence-electron chi connectivity index (χ1n) is 5.57. The maximum absolute atomic E-state index is 12.1. The maximum Gasteiger partial charge on any atom is 0.250 e. The monoisotopic (exact) mass is 308 g/mol. The van der Waals surface area contributed by atoms with Crippen molar-refractivity contribution in [3.63, 3.8) is 0 Å². The zero-order chi connectivity index (χ0) is 13.8. The van der Waals surface area contributed by atoms with Gasteiger partial charge in [-0.05, 0) is 44.2 Å². The van der Waals surface area contributed by atoms with E-state index in [4.69, 9.17) is 0 Å². The van der Waals surface area contributed by atoms with Crippen molar-refractivity contribution in [2.45, 2.75) is 29.3 Å². The molecule has 104 valence electrons. The van der Waals surface area contributed by atoms with Gasteiger partial charge in [-0.2, -0.15) is 11.8 Å². The Balaban J connectivity index is 2.74. The van der Waals surface area contributed by atoms with E-state index < -0.39 is 10.0 Å². The van der Waals surface area contributed by atoms with Crippen LogP contribution in [0.5, 0.6) is 0 Å². The van der Waals surface area contributed by atoms with Crippen LogP contribution in [0.4, 0.5) is 0 Å². The van der Waals surface area contributed by atoms with E-state index in [1.165, 1.54) is 11.3 Å². The number of hydrogen-bond acceptors (Lipinski definition) is 5. The van der Waals surface area contributed by atoms with E-state index in [2.05, 4.69) is 10.0 Å². The van der Waals surface area contributed by atoms with Crippen LogP contribution in [0.25, 0.3) is 0 Å². The molecule has 0 aliphatic rings. The molecule has 0 saturated carbocycles. The van der Waals surface area contributed by atoms with Crippen LogP contribution in [0.2, 0.25) is 0 Å². The van der Waals surface area contributed by atoms with Gasteiger partial charge in [0.05, 0.1) is 0 Å². The van der Waals surface area contributed by atoms with Crippen LogP contribution in [-0.4, -0.2) is 33.0 Å². The lowest BCUT2D eigenvalue weighted by atomic mass is 10.2. The second kappa shape index (κ2) is 6.38. The van der Waals surface area contributed by atoms with E-state index in [-0.39, 0.29) is 4.75 Å². The second-order valence-electron chi connectivity index (χ2n) is 4.59. The first kappa shape index (κ1) is 16.0. The topological polar surface area (TPSA) is 58.2 Å². The number of sulfonamides is 1. The maximum atomic E-state index is 12.1. The van der Waals surface area contributed by atoms with Crippen molar-refractivity contribution in [2.75, 3.05) is 19.8 Å². The highest BCUT2D eigenvalue weighted by Crippen LogP contribution is 2.23. The summed E-state index contributed by atoms with van der Waals surface area (Å²) in [4.78, 5) is 0. The molecule has 0 aliphatic heterocycles. The summed E-state index contributed by atoms with van der Waals surface area (Å²) >= 11 is 2.90. The van der Waals surface area contributed by atoms with Gasteiger partial charge in [-0.3, -0.25) is 0 Å². The molecule has 0 unspecified atom stereocenters. The smallest absolute Gasteiger partial charge is 0.250 e. The largest absolute Gasteiger partial charge is 0.316 e. The zero-order valence-electron chi connectivity index (χ0n) is 11.1. The Morgan fingerprint density at radius 2 is 2.11 bits per heavy atom. The van der Waals surface area contributed by atoms with Crippen LogP contribution >= 0.6 is 23.1 Å². The highest BCUT2D eigenvalue weighted by atomic mass is 32.2. The molecule has 1 aromatic rings. The van der Waals surface area contributed by atoms with Gasteiger partial charge in [0.2, 0.25) is 10.0 Å². The fourth-order valence-electron chi connectivity index (χ4n) is 1.20. The third kappa shape index (κ3) is 4.55. The van der Waals surface area contributed by atoms with Gasteiger partial charge in [-0.1, -0.05) is 0 Å². The summed E-state index contributed by atoms with van der Waals surface area (Å²) in [6, 6.07) is 1.72. The van der Waals surface area contributed by atoms with Gasteiger partial charge >= 0.3 is 0 Å². The molecule has 0 atom stereocenters. The van der Waals surface area contributed by atoms with Gasteiger partial charge < -0.3 is 5.32 Å².